The number of nitrogens with zero attached hydrogens (tertiary/aromatic N) is 1. The third-order valence-corrected chi connectivity index (χ3v) is 4.67. The highest BCUT2D eigenvalue weighted by Gasteiger charge is 2.21. The van der Waals surface area contributed by atoms with Crippen LogP contribution in [0.2, 0.25) is 0 Å². The molecule has 1 saturated carbocycles. The van der Waals surface area contributed by atoms with Crippen LogP contribution in [-0.4, -0.2) is 10.8 Å². The smallest absolute Gasteiger partial charge is 0.232 e. The molecular formula is C18H16N2O3. The first-order valence-corrected chi connectivity index (χ1v) is 7.72. The topological polar surface area (TPSA) is 86.2 Å². The van der Waals surface area contributed by atoms with E-state index < -0.39 is 0 Å². The van der Waals surface area contributed by atoms with Crippen LogP contribution in [0.1, 0.15) is 48.0 Å². The van der Waals surface area contributed by atoms with Crippen molar-refractivity contribution >= 4 is 33.7 Å². The van der Waals surface area contributed by atoms with Crippen LogP contribution in [0, 0.1) is 0 Å². The van der Waals surface area contributed by atoms with Gasteiger partial charge in [0.2, 0.25) is 11.1 Å². The van der Waals surface area contributed by atoms with Crippen LogP contribution in [0.3, 0.4) is 0 Å². The lowest BCUT2D eigenvalue weighted by atomic mass is 9.80. The molecule has 2 aromatic heterocycles. The molecule has 0 radical (unpaired) electrons. The molecule has 0 aliphatic heterocycles. The Balaban J connectivity index is 2.02. The van der Waals surface area contributed by atoms with E-state index in [2.05, 4.69) is 4.98 Å². The molecule has 0 saturated heterocycles. The predicted octanol–water partition coefficient (Wildman–Crippen LogP) is 3.39. The summed E-state index contributed by atoms with van der Waals surface area (Å²) in [6, 6.07) is 7.23. The number of benzene rings is 1. The number of carbonyl (C=O) groups is 1. The molecule has 4 rings (SSSR count). The highest BCUT2D eigenvalue weighted by atomic mass is 16.3. The van der Waals surface area contributed by atoms with Crippen LogP contribution in [-0.2, 0) is 0 Å². The zero-order chi connectivity index (χ0) is 16.1. The zero-order valence-electron chi connectivity index (χ0n) is 12.8. The van der Waals surface area contributed by atoms with E-state index in [-0.39, 0.29) is 28.3 Å². The van der Waals surface area contributed by atoms with Crippen molar-refractivity contribution in [1.82, 2.24) is 4.98 Å². The standard InChI is InChI=1S/C18H16N2O3/c1-9(21)12-8-14-16(22)13-7-11(10-3-2-4-10)5-6-15(13)23-18(14)20-17(12)19/h5-8,10H,2-4H2,1H3,(H2,19,20). The van der Waals surface area contributed by atoms with Gasteiger partial charge >= 0.3 is 0 Å². The second-order valence-electron chi connectivity index (χ2n) is 6.14. The highest BCUT2D eigenvalue weighted by molar-refractivity contribution is 6.02. The van der Waals surface area contributed by atoms with Crippen LogP contribution >= 0.6 is 0 Å². The Morgan fingerprint density at radius 2 is 2.04 bits per heavy atom. The Morgan fingerprint density at radius 1 is 1.26 bits per heavy atom. The molecule has 0 bridgehead atoms. The Bertz CT molecular complexity index is 1020. The lowest BCUT2D eigenvalue weighted by molar-refractivity contribution is 0.101. The number of nitrogens with two attached hydrogens (primary N) is 1. The van der Waals surface area contributed by atoms with Gasteiger partial charge in [0, 0.05) is 0 Å². The van der Waals surface area contributed by atoms with Gasteiger partial charge in [-0.1, -0.05) is 12.5 Å². The summed E-state index contributed by atoms with van der Waals surface area (Å²) in [5.74, 6) is 0.394. The van der Waals surface area contributed by atoms with Crippen LogP contribution < -0.4 is 11.2 Å². The van der Waals surface area contributed by atoms with Crippen LogP contribution in [0.4, 0.5) is 5.82 Å². The Hall–Kier alpha value is -2.69. The van der Waals surface area contributed by atoms with Crippen LogP contribution in [0.25, 0.3) is 22.1 Å². The van der Waals surface area contributed by atoms with Crippen molar-refractivity contribution in [2.45, 2.75) is 32.1 Å². The normalized spacial score (nSPS) is 15.0. The molecule has 1 fully saturated rings. The van der Waals surface area contributed by atoms with Crippen molar-refractivity contribution in [1.29, 1.82) is 0 Å². The molecule has 0 amide bonds. The molecule has 1 aliphatic carbocycles. The number of hydrogen-bond acceptors (Lipinski definition) is 5. The van der Waals surface area contributed by atoms with Crippen molar-refractivity contribution in [2.24, 2.45) is 0 Å². The first-order valence-electron chi connectivity index (χ1n) is 7.72. The average Bonchev–Trinajstić information content (AvgIpc) is 2.45. The summed E-state index contributed by atoms with van der Waals surface area (Å²) in [4.78, 5) is 28.5. The first kappa shape index (κ1) is 13.9. The maximum absolute atomic E-state index is 12.8. The molecule has 2 heterocycles. The number of hydrogen-bond donors (Lipinski definition) is 1. The van der Waals surface area contributed by atoms with Crippen molar-refractivity contribution in [3.8, 4) is 0 Å². The van der Waals surface area contributed by atoms with E-state index >= 15 is 0 Å². The molecule has 23 heavy (non-hydrogen) atoms. The molecule has 0 unspecified atom stereocenters. The number of aromatic nitrogens is 1. The quantitative estimate of drug-likeness (QED) is 0.579. The van der Waals surface area contributed by atoms with Gasteiger partial charge in [-0.3, -0.25) is 9.59 Å². The van der Waals surface area contributed by atoms with Gasteiger partial charge in [0.05, 0.1) is 16.3 Å². The van der Waals surface area contributed by atoms with Gasteiger partial charge < -0.3 is 10.2 Å². The fourth-order valence-corrected chi connectivity index (χ4v) is 3.09. The minimum Gasteiger partial charge on any atom is -0.437 e. The second-order valence-corrected chi connectivity index (χ2v) is 6.14. The maximum atomic E-state index is 12.8. The van der Waals surface area contributed by atoms with E-state index in [1.54, 1.807) is 0 Å². The Kier molecular flexibility index (Phi) is 2.98. The van der Waals surface area contributed by atoms with E-state index in [4.69, 9.17) is 10.2 Å². The lowest BCUT2D eigenvalue weighted by Gasteiger charge is -2.25. The van der Waals surface area contributed by atoms with Crippen LogP contribution in [0.15, 0.2) is 33.5 Å². The fraction of sp³-hybridized carbons (Fsp3) is 0.278. The lowest BCUT2D eigenvalue weighted by Crippen LogP contribution is -2.11. The van der Waals surface area contributed by atoms with Gasteiger partial charge in [-0.05, 0) is 49.4 Å². The second kappa shape index (κ2) is 4.91. The van der Waals surface area contributed by atoms with Gasteiger partial charge in [0.15, 0.2) is 5.78 Å². The van der Waals surface area contributed by atoms with Gasteiger partial charge in [-0.25, -0.2) is 0 Å². The largest absolute Gasteiger partial charge is 0.437 e. The van der Waals surface area contributed by atoms with E-state index in [0.717, 1.165) is 12.8 Å². The van der Waals surface area contributed by atoms with Crippen molar-refractivity contribution in [2.75, 3.05) is 5.73 Å². The number of pyridine rings is 1. The molecule has 5 nitrogen and oxygen atoms in total. The maximum Gasteiger partial charge on any atom is 0.232 e. The highest BCUT2D eigenvalue weighted by Crippen LogP contribution is 2.37. The number of rotatable bonds is 2. The number of Topliss-reactive ketones (excluding diaryl/α,β-unsaturated/α-hetero) is 1. The summed E-state index contributed by atoms with van der Waals surface area (Å²) in [6.45, 7) is 1.40. The zero-order valence-corrected chi connectivity index (χ0v) is 12.8. The average molecular weight is 308 g/mol. The molecule has 0 atom stereocenters. The van der Waals surface area contributed by atoms with Gasteiger partial charge in [-0.2, -0.15) is 4.98 Å². The van der Waals surface area contributed by atoms with E-state index in [9.17, 15) is 9.59 Å². The summed E-state index contributed by atoms with van der Waals surface area (Å²) in [6.07, 6.45) is 3.56. The van der Waals surface area contributed by atoms with Crippen molar-refractivity contribution in [3.05, 3.63) is 45.6 Å². The van der Waals surface area contributed by atoms with E-state index in [0.29, 0.717) is 22.3 Å². The Morgan fingerprint density at radius 3 is 2.70 bits per heavy atom. The molecule has 1 aliphatic rings. The predicted molar refractivity (Wildman–Crippen MR) is 88.8 cm³/mol. The minimum absolute atomic E-state index is 0.0820. The van der Waals surface area contributed by atoms with E-state index in [1.807, 2.05) is 18.2 Å². The van der Waals surface area contributed by atoms with Crippen LogP contribution in [0.5, 0.6) is 0 Å². The summed E-state index contributed by atoms with van der Waals surface area (Å²) in [5, 5.41) is 0.825. The third kappa shape index (κ3) is 2.11. The molecule has 3 aromatic rings. The number of carbonyl (C=O) groups excluding carboxylic acids is 1. The van der Waals surface area contributed by atoms with E-state index in [1.165, 1.54) is 25.0 Å². The number of nitrogen functional groups attached to an aromatic ring is 1. The Labute approximate surface area is 132 Å². The molecule has 1 aromatic carbocycles. The van der Waals surface area contributed by atoms with Gasteiger partial charge in [-0.15, -0.1) is 0 Å². The molecule has 0 spiro atoms. The monoisotopic (exact) mass is 308 g/mol. The first-order chi connectivity index (χ1) is 11.0. The molecule has 2 N–H and O–H groups in total. The number of fused-ring (bicyclic) bond motifs is 2. The number of anilines is 1. The van der Waals surface area contributed by atoms with Crippen molar-refractivity contribution in [3.63, 3.8) is 0 Å². The number of ketones is 1. The molecule has 116 valence electrons. The molecule has 5 heteroatoms. The van der Waals surface area contributed by atoms with Gasteiger partial charge in [0.25, 0.3) is 0 Å². The third-order valence-electron chi connectivity index (χ3n) is 4.67. The summed E-state index contributed by atoms with van der Waals surface area (Å²) in [7, 11) is 0. The summed E-state index contributed by atoms with van der Waals surface area (Å²) >= 11 is 0. The molecular weight excluding hydrogens is 292 g/mol. The fourth-order valence-electron chi connectivity index (χ4n) is 3.09. The minimum atomic E-state index is -0.223. The van der Waals surface area contributed by atoms with Gasteiger partial charge in [0.1, 0.15) is 11.4 Å². The van der Waals surface area contributed by atoms with Crippen molar-refractivity contribution < 1.29 is 9.21 Å². The SMILES string of the molecule is CC(=O)c1cc2c(=O)c3cc(C4CCC4)ccc3oc2nc1N. The summed E-state index contributed by atoms with van der Waals surface area (Å²) < 4.78 is 5.73. The summed E-state index contributed by atoms with van der Waals surface area (Å²) in [5.41, 5.74) is 7.69.